The minimum atomic E-state index is -0.482. The van der Waals surface area contributed by atoms with Crippen LogP contribution in [0.4, 0.5) is 5.69 Å². The van der Waals surface area contributed by atoms with Gasteiger partial charge in [0.25, 0.3) is 5.91 Å². The molecule has 0 aliphatic rings. The fourth-order valence-electron chi connectivity index (χ4n) is 1.61. The van der Waals surface area contributed by atoms with Crippen LogP contribution in [-0.2, 0) is 4.79 Å². The van der Waals surface area contributed by atoms with Gasteiger partial charge in [-0.2, -0.15) is 16.6 Å². The van der Waals surface area contributed by atoms with Gasteiger partial charge < -0.3 is 10.1 Å². The Hall–Kier alpha value is -2.29. The molecule has 0 aliphatic heterocycles. The summed E-state index contributed by atoms with van der Waals surface area (Å²) < 4.78 is 5.04. The summed E-state index contributed by atoms with van der Waals surface area (Å²) in [6.07, 6.45) is 1.54. The van der Waals surface area contributed by atoms with Crippen molar-refractivity contribution < 1.29 is 9.53 Å². The number of ether oxygens (including phenoxy) is 1. The average Bonchev–Trinajstić information content (AvgIpc) is 2.98. The molecule has 0 bridgehead atoms. The Morgan fingerprint density at radius 3 is 2.86 bits per heavy atom. The molecule has 1 aromatic heterocycles. The van der Waals surface area contributed by atoms with Gasteiger partial charge in [0.2, 0.25) is 0 Å². The maximum atomic E-state index is 12.1. The molecule has 0 unspecified atom stereocenters. The summed E-state index contributed by atoms with van der Waals surface area (Å²) in [6, 6.07) is 8.59. The van der Waals surface area contributed by atoms with Crippen molar-refractivity contribution in [1.29, 1.82) is 5.26 Å². The normalized spacial score (nSPS) is 10.8. The second-order valence-corrected chi connectivity index (χ2v) is 5.22. The molecular formula is C15H11ClN2O2S. The highest BCUT2D eigenvalue weighted by molar-refractivity contribution is 7.08. The van der Waals surface area contributed by atoms with Crippen LogP contribution in [0.25, 0.3) is 6.08 Å². The highest BCUT2D eigenvalue weighted by atomic mass is 35.5. The largest absolute Gasteiger partial charge is 0.495 e. The Bertz CT molecular complexity index is 718. The third-order valence-corrected chi connectivity index (χ3v) is 3.63. The smallest absolute Gasteiger partial charge is 0.266 e. The van der Waals surface area contributed by atoms with E-state index in [1.54, 1.807) is 18.2 Å². The fourth-order valence-corrected chi connectivity index (χ4v) is 2.49. The molecule has 0 aliphatic carbocycles. The van der Waals surface area contributed by atoms with Gasteiger partial charge in [0.15, 0.2) is 0 Å². The molecule has 0 spiro atoms. The van der Waals surface area contributed by atoms with Crippen molar-refractivity contribution in [3.05, 3.63) is 51.2 Å². The first-order valence-electron chi connectivity index (χ1n) is 5.93. The Labute approximate surface area is 131 Å². The standard InChI is InChI=1S/C15H11ClN2O2S/c1-20-14-3-2-12(7-13(14)16)18-15(19)11(8-17)6-10-4-5-21-9-10/h2-7,9H,1H3,(H,18,19). The van der Waals surface area contributed by atoms with Crippen molar-refractivity contribution in [2.24, 2.45) is 0 Å². The number of benzene rings is 1. The molecule has 0 atom stereocenters. The number of carbonyl (C=O) groups is 1. The van der Waals surface area contributed by atoms with Gasteiger partial charge in [-0.25, -0.2) is 0 Å². The number of hydrogen-bond acceptors (Lipinski definition) is 4. The summed E-state index contributed by atoms with van der Waals surface area (Å²) in [6.45, 7) is 0. The quantitative estimate of drug-likeness (QED) is 0.685. The lowest BCUT2D eigenvalue weighted by Crippen LogP contribution is -2.13. The molecule has 1 aromatic carbocycles. The number of halogens is 1. The highest BCUT2D eigenvalue weighted by Gasteiger charge is 2.11. The summed E-state index contributed by atoms with van der Waals surface area (Å²) in [4.78, 5) is 12.1. The van der Waals surface area contributed by atoms with E-state index in [0.717, 1.165) is 5.56 Å². The lowest BCUT2D eigenvalue weighted by molar-refractivity contribution is -0.112. The lowest BCUT2D eigenvalue weighted by Gasteiger charge is -2.07. The molecule has 0 saturated heterocycles. The van der Waals surface area contributed by atoms with Gasteiger partial charge in [-0.1, -0.05) is 11.6 Å². The van der Waals surface area contributed by atoms with Crippen molar-refractivity contribution in [3.8, 4) is 11.8 Å². The highest BCUT2D eigenvalue weighted by Crippen LogP contribution is 2.27. The molecule has 1 heterocycles. The monoisotopic (exact) mass is 318 g/mol. The third-order valence-electron chi connectivity index (χ3n) is 2.63. The number of nitrogens with one attached hydrogen (secondary N) is 1. The van der Waals surface area contributed by atoms with Crippen LogP contribution in [0, 0.1) is 11.3 Å². The molecule has 4 nitrogen and oxygen atoms in total. The maximum Gasteiger partial charge on any atom is 0.266 e. The van der Waals surface area contributed by atoms with E-state index in [1.807, 2.05) is 22.9 Å². The summed E-state index contributed by atoms with van der Waals surface area (Å²) in [7, 11) is 1.51. The van der Waals surface area contributed by atoms with Crippen LogP contribution in [0.3, 0.4) is 0 Å². The molecule has 0 radical (unpaired) electrons. The number of nitrogens with zero attached hydrogens (tertiary/aromatic N) is 1. The molecule has 1 N–H and O–H groups in total. The van der Waals surface area contributed by atoms with Crippen molar-refractivity contribution in [3.63, 3.8) is 0 Å². The Morgan fingerprint density at radius 2 is 2.29 bits per heavy atom. The first-order valence-corrected chi connectivity index (χ1v) is 7.25. The zero-order valence-electron chi connectivity index (χ0n) is 11.1. The Kier molecular flexibility index (Phi) is 4.99. The topological polar surface area (TPSA) is 62.1 Å². The number of thiophene rings is 1. The number of anilines is 1. The SMILES string of the molecule is COc1ccc(NC(=O)C(C#N)=Cc2ccsc2)cc1Cl. The first-order chi connectivity index (χ1) is 10.1. The van der Waals surface area contributed by atoms with E-state index in [0.29, 0.717) is 16.5 Å². The van der Waals surface area contributed by atoms with E-state index in [9.17, 15) is 4.79 Å². The fraction of sp³-hybridized carbons (Fsp3) is 0.0667. The van der Waals surface area contributed by atoms with Gasteiger partial charge in [0.1, 0.15) is 17.4 Å². The van der Waals surface area contributed by atoms with Crippen molar-refractivity contribution in [2.45, 2.75) is 0 Å². The van der Waals surface area contributed by atoms with Gasteiger partial charge in [0, 0.05) is 5.69 Å². The number of hydrogen-bond donors (Lipinski definition) is 1. The van der Waals surface area contributed by atoms with Crippen LogP contribution in [0.1, 0.15) is 5.56 Å². The van der Waals surface area contributed by atoms with Crippen molar-refractivity contribution in [2.75, 3.05) is 12.4 Å². The molecule has 0 saturated carbocycles. The first kappa shape index (κ1) is 15.1. The minimum absolute atomic E-state index is 0.0281. The van der Waals surface area contributed by atoms with Crippen LogP contribution in [-0.4, -0.2) is 13.0 Å². The average molecular weight is 319 g/mol. The third kappa shape index (κ3) is 3.85. The van der Waals surface area contributed by atoms with Crippen molar-refractivity contribution in [1.82, 2.24) is 0 Å². The second-order valence-electron chi connectivity index (χ2n) is 4.03. The summed E-state index contributed by atoms with van der Waals surface area (Å²) in [5.41, 5.74) is 1.34. The van der Waals surface area contributed by atoms with Crippen LogP contribution in [0.5, 0.6) is 5.75 Å². The van der Waals surface area contributed by atoms with E-state index in [-0.39, 0.29) is 5.57 Å². The molecule has 1 amide bonds. The van der Waals surface area contributed by atoms with Gasteiger partial charge >= 0.3 is 0 Å². The Balaban J connectivity index is 2.17. The van der Waals surface area contributed by atoms with Crippen LogP contribution in [0.15, 0.2) is 40.6 Å². The summed E-state index contributed by atoms with van der Waals surface area (Å²) >= 11 is 7.48. The predicted octanol–water partition coefficient (Wildman–Crippen LogP) is 3.96. The van der Waals surface area contributed by atoms with Gasteiger partial charge in [-0.15, -0.1) is 0 Å². The molecule has 2 rings (SSSR count). The van der Waals surface area contributed by atoms with Crippen LogP contribution in [0.2, 0.25) is 5.02 Å². The number of rotatable bonds is 4. The molecule has 2 aromatic rings. The van der Waals surface area contributed by atoms with E-state index in [1.165, 1.54) is 24.5 Å². The van der Waals surface area contributed by atoms with Gasteiger partial charge in [-0.3, -0.25) is 4.79 Å². The molecule has 6 heteroatoms. The number of methoxy groups -OCH3 is 1. The molecule has 106 valence electrons. The lowest BCUT2D eigenvalue weighted by atomic mass is 10.2. The van der Waals surface area contributed by atoms with E-state index < -0.39 is 5.91 Å². The predicted molar refractivity (Wildman–Crippen MR) is 84.5 cm³/mol. The molecule has 0 fully saturated rings. The number of carbonyl (C=O) groups excluding carboxylic acids is 1. The second kappa shape index (κ2) is 6.93. The van der Waals surface area contributed by atoms with Crippen LogP contribution >= 0.6 is 22.9 Å². The van der Waals surface area contributed by atoms with E-state index in [2.05, 4.69) is 5.32 Å². The number of nitriles is 1. The zero-order valence-corrected chi connectivity index (χ0v) is 12.7. The Morgan fingerprint density at radius 1 is 1.48 bits per heavy atom. The summed E-state index contributed by atoms with van der Waals surface area (Å²) in [5, 5.41) is 15.8. The maximum absolute atomic E-state index is 12.1. The van der Waals surface area contributed by atoms with Crippen LogP contribution < -0.4 is 10.1 Å². The van der Waals surface area contributed by atoms with E-state index in [4.69, 9.17) is 21.6 Å². The minimum Gasteiger partial charge on any atom is -0.495 e. The zero-order chi connectivity index (χ0) is 15.2. The summed E-state index contributed by atoms with van der Waals surface area (Å²) in [5.74, 6) is 0.0360. The van der Waals surface area contributed by atoms with Gasteiger partial charge in [0.05, 0.1) is 12.1 Å². The van der Waals surface area contributed by atoms with E-state index >= 15 is 0 Å². The van der Waals surface area contributed by atoms with Gasteiger partial charge in [-0.05, 0) is 46.7 Å². The number of amides is 1. The van der Waals surface area contributed by atoms with Crippen molar-refractivity contribution >= 4 is 40.6 Å². The molecular weight excluding hydrogens is 308 g/mol. The molecule has 21 heavy (non-hydrogen) atoms.